The monoisotopic (exact) mass is 337 g/mol. The highest BCUT2D eigenvalue weighted by Crippen LogP contribution is 2.14. The van der Waals surface area contributed by atoms with Crippen molar-refractivity contribution in [3.63, 3.8) is 0 Å². The number of ether oxygens (including phenoxy) is 1. The molecule has 2 saturated heterocycles. The number of rotatable bonds is 2. The van der Waals surface area contributed by atoms with Gasteiger partial charge in [0.15, 0.2) is 0 Å². The maximum absolute atomic E-state index is 12.7. The summed E-state index contributed by atoms with van der Waals surface area (Å²) in [4.78, 5) is 28.9. The van der Waals surface area contributed by atoms with Crippen LogP contribution in [-0.2, 0) is 9.53 Å². The zero-order valence-electron chi connectivity index (χ0n) is 13.4. The van der Waals surface area contributed by atoms with E-state index in [0.29, 0.717) is 39.3 Å². The van der Waals surface area contributed by atoms with Gasteiger partial charge in [-0.15, -0.1) is 0 Å². The molecule has 2 aliphatic rings. The summed E-state index contributed by atoms with van der Waals surface area (Å²) < 4.78 is 5.57. The largest absolute Gasteiger partial charge is 0.375 e. The lowest BCUT2D eigenvalue weighted by atomic mass is 10.1. The van der Waals surface area contributed by atoms with E-state index in [-0.39, 0.29) is 24.0 Å². The quantitative estimate of drug-likeness (QED) is 0.867. The fourth-order valence-corrected chi connectivity index (χ4v) is 3.75. The lowest BCUT2D eigenvalue weighted by molar-refractivity contribution is -0.139. The van der Waals surface area contributed by atoms with Gasteiger partial charge in [0.2, 0.25) is 5.91 Å². The Balaban J connectivity index is 1.59. The molecule has 126 valence electrons. The summed E-state index contributed by atoms with van der Waals surface area (Å²) in [5, 5.41) is 7.04. The topological polar surface area (TPSA) is 61.9 Å². The van der Waals surface area contributed by atoms with Crippen LogP contribution >= 0.6 is 11.3 Å². The summed E-state index contributed by atoms with van der Waals surface area (Å²) in [6, 6.07) is 1.58. The molecule has 7 heteroatoms. The first kappa shape index (κ1) is 16.4. The van der Waals surface area contributed by atoms with Crippen molar-refractivity contribution in [1.29, 1.82) is 0 Å². The molecular formula is C16H23N3O3S. The minimum atomic E-state index is -0.275. The van der Waals surface area contributed by atoms with E-state index < -0.39 is 0 Å². The van der Waals surface area contributed by atoms with Crippen molar-refractivity contribution in [3.8, 4) is 0 Å². The SMILES string of the molecule is C[C@H]1OCCN[C@@H]1C(=O)N1CCCN(C(=O)c2ccsc2)CC1. The fraction of sp³-hybridized carbons (Fsp3) is 0.625. The molecule has 0 aliphatic carbocycles. The van der Waals surface area contributed by atoms with E-state index >= 15 is 0 Å². The number of morpholine rings is 1. The zero-order chi connectivity index (χ0) is 16.2. The predicted molar refractivity (Wildman–Crippen MR) is 88.6 cm³/mol. The molecule has 2 aliphatic heterocycles. The van der Waals surface area contributed by atoms with Crippen molar-refractivity contribution in [3.05, 3.63) is 22.4 Å². The van der Waals surface area contributed by atoms with Crippen molar-refractivity contribution in [2.24, 2.45) is 0 Å². The highest BCUT2D eigenvalue weighted by Gasteiger charge is 2.33. The molecule has 6 nitrogen and oxygen atoms in total. The van der Waals surface area contributed by atoms with Gasteiger partial charge in [0.05, 0.1) is 18.3 Å². The molecule has 1 aromatic rings. The molecular weight excluding hydrogens is 314 g/mol. The Morgan fingerprint density at radius 3 is 2.78 bits per heavy atom. The molecule has 1 N–H and O–H groups in total. The minimum absolute atomic E-state index is 0.0630. The van der Waals surface area contributed by atoms with Gasteiger partial charge in [-0.1, -0.05) is 0 Å². The molecule has 0 spiro atoms. The van der Waals surface area contributed by atoms with E-state index in [1.165, 1.54) is 11.3 Å². The fourth-order valence-electron chi connectivity index (χ4n) is 3.12. The number of hydrogen-bond acceptors (Lipinski definition) is 5. The van der Waals surface area contributed by atoms with Gasteiger partial charge in [0.1, 0.15) is 6.04 Å². The number of amides is 2. The third-order valence-electron chi connectivity index (χ3n) is 4.45. The smallest absolute Gasteiger partial charge is 0.254 e. The molecule has 0 saturated carbocycles. The maximum atomic E-state index is 12.7. The molecule has 3 heterocycles. The average Bonchev–Trinajstić information content (AvgIpc) is 2.98. The number of carbonyl (C=O) groups is 2. The van der Waals surface area contributed by atoms with Crippen molar-refractivity contribution in [2.75, 3.05) is 39.3 Å². The summed E-state index contributed by atoms with van der Waals surface area (Å²) in [7, 11) is 0. The first-order chi connectivity index (χ1) is 11.2. The molecule has 0 unspecified atom stereocenters. The Hall–Kier alpha value is -1.44. The van der Waals surface area contributed by atoms with Crippen LogP contribution in [0, 0.1) is 0 Å². The van der Waals surface area contributed by atoms with Gasteiger partial charge >= 0.3 is 0 Å². The van der Waals surface area contributed by atoms with E-state index in [4.69, 9.17) is 4.74 Å². The van der Waals surface area contributed by atoms with Crippen LogP contribution in [-0.4, -0.2) is 73.1 Å². The van der Waals surface area contributed by atoms with Gasteiger partial charge in [-0.25, -0.2) is 0 Å². The van der Waals surface area contributed by atoms with E-state index in [0.717, 1.165) is 12.0 Å². The summed E-state index contributed by atoms with van der Waals surface area (Å²) >= 11 is 1.53. The average molecular weight is 337 g/mol. The number of nitrogens with one attached hydrogen (secondary N) is 1. The lowest BCUT2D eigenvalue weighted by Gasteiger charge is -2.33. The van der Waals surface area contributed by atoms with E-state index in [9.17, 15) is 9.59 Å². The number of carbonyl (C=O) groups excluding carboxylic acids is 2. The van der Waals surface area contributed by atoms with Gasteiger partial charge in [-0.3, -0.25) is 9.59 Å². The standard InChI is InChI=1S/C16H23N3O3S/c1-12-14(17-4-9-22-12)16(21)19-6-2-5-18(7-8-19)15(20)13-3-10-23-11-13/h3,10-12,14,17H,2,4-9H2,1H3/t12-,14+/m1/s1. The Morgan fingerprint density at radius 2 is 2.04 bits per heavy atom. The van der Waals surface area contributed by atoms with Crippen molar-refractivity contribution in [2.45, 2.75) is 25.5 Å². The van der Waals surface area contributed by atoms with Crippen LogP contribution in [0.2, 0.25) is 0 Å². The Bertz CT molecular complexity index is 549. The second-order valence-corrected chi connectivity index (χ2v) is 6.77. The second-order valence-electron chi connectivity index (χ2n) is 5.99. The molecule has 2 fully saturated rings. The predicted octanol–water partition coefficient (Wildman–Crippen LogP) is 0.800. The maximum Gasteiger partial charge on any atom is 0.254 e. The molecule has 0 bridgehead atoms. The zero-order valence-corrected chi connectivity index (χ0v) is 14.2. The number of thiophene rings is 1. The molecule has 0 radical (unpaired) electrons. The van der Waals surface area contributed by atoms with Crippen LogP contribution < -0.4 is 5.32 Å². The summed E-state index contributed by atoms with van der Waals surface area (Å²) in [5.74, 6) is 0.148. The van der Waals surface area contributed by atoms with Crippen LogP contribution in [0.1, 0.15) is 23.7 Å². The van der Waals surface area contributed by atoms with Crippen LogP contribution in [0.25, 0.3) is 0 Å². The Kier molecular flexibility index (Phi) is 5.30. The van der Waals surface area contributed by atoms with Crippen LogP contribution in [0.3, 0.4) is 0 Å². The molecule has 0 aromatic carbocycles. The molecule has 23 heavy (non-hydrogen) atoms. The van der Waals surface area contributed by atoms with Crippen LogP contribution in [0.5, 0.6) is 0 Å². The van der Waals surface area contributed by atoms with Gasteiger partial charge in [0, 0.05) is 38.1 Å². The highest BCUT2D eigenvalue weighted by molar-refractivity contribution is 7.08. The Morgan fingerprint density at radius 1 is 1.26 bits per heavy atom. The van der Waals surface area contributed by atoms with Gasteiger partial charge < -0.3 is 19.9 Å². The van der Waals surface area contributed by atoms with E-state index in [1.807, 2.05) is 33.6 Å². The van der Waals surface area contributed by atoms with E-state index in [1.54, 1.807) is 0 Å². The van der Waals surface area contributed by atoms with Crippen LogP contribution in [0.15, 0.2) is 16.8 Å². The van der Waals surface area contributed by atoms with Crippen molar-refractivity contribution < 1.29 is 14.3 Å². The summed E-state index contributed by atoms with van der Waals surface area (Å²) in [6.45, 7) is 5.84. The Labute approximate surface area is 140 Å². The second kappa shape index (κ2) is 7.42. The van der Waals surface area contributed by atoms with Gasteiger partial charge in [-0.2, -0.15) is 11.3 Å². The minimum Gasteiger partial charge on any atom is -0.375 e. The van der Waals surface area contributed by atoms with Gasteiger partial charge in [-0.05, 0) is 24.8 Å². The lowest BCUT2D eigenvalue weighted by Crippen LogP contribution is -2.56. The van der Waals surface area contributed by atoms with Crippen molar-refractivity contribution >= 4 is 23.2 Å². The highest BCUT2D eigenvalue weighted by atomic mass is 32.1. The molecule has 3 rings (SSSR count). The number of hydrogen-bond donors (Lipinski definition) is 1. The number of nitrogens with zero attached hydrogens (tertiary/aromatic N) is 2. The normalized spacial score (nSPS) is 26.0. The van der Waals surface area contributed by atoms with E-state index in [2.05, 4.69) is 5.32 Å². The molecule has 2 atom stereocenters. The summed E-state index contributed by atoms with van der Waals surface area (Å²) in [5.41, 5.74) is 0.741. The van der Waals surface area contributed by atoms with Gasteiger partial charge in [0.25, 0.3) is 5.91 Å². The first-order valence-corrected chi connectivity index (χ1v) is 9.06. The third kappa shape index (κ3) is 3.73. The first-order valence-electron chi connectivity index (χ1n) is 8.12. The van der Waals surface area contributed by atoms with Crippen LogP contribution in [0.4, 0.5) is 0 Å². The third-order valence-corrected chi connectivity index (χ3v) is 5.13. The summed E-state index contributed by atoms with van der Waals surface area (Å²) in [6.07, 6.45) is 0.701. The van der Waals surface area contributed by atoms with Crippen molar-refractivity contribution in [1.82, 2.24) is 15.1 Å². The molecule has 2 amide bonds. The molecule has 1 aromatic heterocycles.